The van der Waals surface area contributed by atoms with Crippen molar-refractivity contribution in [3.8, 4) is 0 Å². The molecule has 1 N–H and O–H groups in total. The van der Waals surface area contributed by atoms with Gasteiger partial charge >= 0.3 is 0 Å². The van der Waals surface area contributed by atoms with Gasteiger partial charge in [0.1, 0.15) is 0 Å². The average molecular weight is 247 g/mol. The van der Waals surface area contributed by atoms with Gasteiger partial charge in [0, 0.05) is 30.2 Å². The average Bonchev–Trinajstić information content (AvgIpc) is 2.68. The lowest BCUT2D eigenvalue weighted by Gasteiger charge is -1.97. The molecule has 0 aromatic carbocycles. The molecule has 0 bridgehead atoms. The lowest BCUT2D eigenvalue weighted by atomic mass is 10.2. The number of thiazole rings is 1. The van der Waals surface area contributed by atoms with Crippen LogP contribution >= 0.6 is 11.3 Å². The number of nitrogens with zero attached hydrogens (tertiary/aromatic N) is 2. The first-order valence-electron chi connectivity index (χ1n) is 5.84. The number of pyridine rings is 1. The first-order chi connectivity index (χ1) is 8.29. The number of rotatable bonds is 5. The maximum absolute atomic E-state index is 4.62. The number of hydrogen-bond donors (Lipinski definition) is 1. The predicted octanol–water partition coefficient (Wildman–Crippen LogP) is 2.55. The first kappa shape index (κ1) is 12.2. The van der Waals surface area contributed by atoms with Crippen LogP contribution in [0.5, 0.6) is 0 Å². The van der Waals surface area contributed by atoms with Crippen molar-refractivity contribution in [2.75, 3.05) is 6.54 Å². The topological polar surface area (TPSA) is 37.8 Å². The monoisotopic (exact) mass is 247 g/mol. The quantitative estimate of drug-likeness (QED) is 0.882. The van der Waals surface area contributed by atoms with E-state index in [2.05, 4.69) is 29.1 Å². The third-order valence-corrected chi connectivity index (χ3v) is 3.73. The van der Waals surface area contributed by atoms with E-state index < -0.39 is 0 Å². The Labute approximate surface area is 106 Å². The second kappa shape index (κ2) is 5.89. The van der Waals surface area contributed by atoms with Gasteiger partial charge in [0.15, 0.2) is 0 Å². The summed E-state index contributed by atoms with van der Waals surface area (Å²) in [7, 11) is 0. The zero-order valence-electron chi connectivity index (χ0n) is 10.2. The van der Waals surface area contributed by atoms with Crippen LogP contribution in [-0.4, -0.2) is 16.5 Å². The van der Waals surface area contributed by atoms with Gasteiger partial charge in [-0.1, -0.05) is 6.92 Å². The fourth-order valence-corrected chi connectivity index (χ4v) is 2.72. The summed E-state index contributed by atoms with van der Waals surface area (Å²) in [6.45, 7) is 6.13. The molecule has 0 atom stereocenters. The normalized spacial score (nSPS) is 10.7. The van der Waals surface area contributed by atoms with Gasteiger partial charge in [0.05, 0.1) is 10.7 Å². The Morgan fingerprint density at radius 2 is 2.06 bits per heavy atom. The smallest absolute Gasteiger partial charge is 0.0975 e. The van der Waals surface area contributed by atoms with Crippen molar-refractivity contribution in [2.24, 2.45) is 0 Å². The third-order valence-electron chi connectivity index (χ3n) is 2.58. The maximum Gasteiger partial charge on any atom is 0.0975 e. The molecule has 17 heavy (non-hydrogen) atoms. The van der Waals surface area contributed by atoms with Crippen molar-refractivity contribution in [3.63, 3.8) is 0 Å². The molecule has 0 radical (unpaired) electrons. The number of aromatic nitrogens is 2. The SMILES string of the molecule is CCNCc1sc(Cc2ccncc2)nc1C. The second-order valence-corrected chi connectivity index (χ2v) is 5.10. The Kier molecular flexibility index (Phi) is 4.23. The molecule has 2 rings (SSSR count). The molecule has 0 aliphatic rings. The Balaban J connectivity index is 2.07. The van der Waals surface area contributed by atoms with Crippen LogP contribution in [0.2, 0.25) is 0 Å². The van der Waals surface area contributed by atoms with Gasteiger partial charge in [0.2, 0.25) is 0 Å². The summed E-state index contributed by atoms with van der Waals surface area (Å²) in [4.78, 5) is 9.98. The molecule has 0 aliphatic carbocycles. The van der Waals surface area contributed by atoms with Gasteiger partial charge in [-0.15, -0.1) is 11.3 Å². The Morgan fingerprint density at radius 3 is 2.76 bits per heavy atom. The molecular weight excluding hydrogens is 230 g/mol. The first-order valence-corrected chi connectivity index (χ1v) is 6.66. The van der Waals surface area contributed by atoms with Crippen molar-refractivity contribution < 1.29 is 0 Å². The van der Waals surface area contributed by atoms with Gasteiger partial charge in [-0.05, 0) is 31.2 Å². The highest BCUT2D eigenvalue weighted by atomic mass is 32.1. The van der Waals surface area contributed by atoms with E-state index in [1.165, 1.54) is 15.4 Å². The lowest BCUT2D eigenvalue weighted by Crippen LogP contribution is -2.11. The fourth-order valence-electron chi connectivity index (χ4n) is 1.64. The van der Waals surface area contributed by atoms with Crippen LogP contribution in [0.25, 0.3) is 0 Å². The number of hydrogen-bond acceptors (Lipinski definition) is 4. The largest absolute Gasteiger partial charge is 0.312 e. The van der Waals surface area contributed by atoms with Crippen LogP contribution in [0, 0.1) is 6.92 Å². The van der Waals surface area contributed by atoms with Crippen LogP contribution in [0.3, 0.4) is 0 Å². The summed E-state index contributed by atoms with van der Waals surface area (Å²) in [6.07, 6.45) is 4.56. The Morgan fingerprint density at radius 1 is 1.29 bits per heavy atom. The summed E-state index contributed by atoms with van der Waals surface area (Å²) in [5, 5.41) is 4.53. The molecule has 2 heterocycles. The van der Waals surface area contributed by atoms with Gasteiger partial charge in [-0.25, -0.2) is 4.98 Å². The molecule has 3 nitrogen and oxygen atoms in total. The zero-order chi connectivity index (χ0) is 12.1. The molecule has 0 saturated carbocycles. The molecule has 0 spiro atoms. The van der Waals surface area contributed by atoms with Crippen molar-refractivity contribution in [1.29, 1.82) is 0 Å². The maximum atomic E-state index is 4.62. The molecule has 2 aromatic heterocycles. The van der Waals surface area contributed by atoms with Crippen LogP contribution in [-0.2, 0) is 13.0 Å². The van der Waals surface area contributed by atoms with Crippen molar-refractivity contribution >= 4 is 11.3 Å². The van der Waals surface area contributed by atoms with E-state index in [-0.39, 0.29) is 0 Å². The summed E-state index contributed by atoms with van der Waals surface area (Å²) in [5.41, 5.74) is 2.42. The summed E-state index contributed by atoms with van der Waals surface area (Å²) in [6, 6.07) is 4.08. The highest BCUT2D eigenvalue weighted by molar-refractivity contribution is 7.11. The highest BCUT2D eigenvalue weighted by Gasteiger charge is 2.07. The minimum Gasteiger partial charge on any atom is -0.312 e. The molecule has 2 aromatic rings. The summed E-state index contributed by atoms with van der Waals surface area (Å²) >= 11 is 1.80. The van der Waals surface area contributed by atoms with Crippen LogP contribution in [0.1, 0.15) is 28.1 Å². The van der Waals surface area contributed by atoms with Crippen LogP contribution < -0.4 is 5.32 Å². The standard InChI is InChI=1S/C13H17N3S/c1-3-14-9-12-10(2)16-13(17-12)8-11-4-6-15-7-5-11/h4-7,14H,3,8-9H2,1-2H3. The lowest BCUT2D eigenvalue weighted by molar-refractivity contribution is 0.731. The molecule has 0 unspecified atom stereocenters. The van der Waals surface area contributed by atoms with Crippen molar-refractivity contribution in [3.05, 3.63) is 45.7 Å². The summed E-state index contributed by atoms with van der Waals surface area (Å²) < 4.78 is 0. The Bertz CT molecular complexity index is 465. The van der Waals surface area contributed by atoms with Crippen LogP contribution in [0.4, 0.5) is 0 Å². The minimum absolute atomic E-state index is 0.903. The van der Waals surface area contributed by atoms with E-state index in [4.69, 9.17) is 0 Å². The number of nitrogens with one attached hydrogen (secondary N) is 1. The molecule has 4 heteroatoms. The van der Waals surface area contributed by atoms with E-state index in [1.54, 1.807) is 11.3 Å². The molecule has 90 valence electrons. The van der Waals surface area contributed by atoms with Gasteiger partial charge in [0.25, 0.3) is 0 Å². The highest BCUT2D eigenvalue weighted by Crippen LogP contribution is 2.20. The molecule has 0 aliphatic heterocycles. The van der Waals surface area contributed by atoms with Crippen LogP contribution in [0.15, 0.2) is 24.5 Å². The van der Waals surface area contributed by atoms with Crippen molar-refractivity contribution in [2.45, 2.75) is 26.8 Å². The fraction of sp³-hybridized carbons (Fsp3) is 0.385. The van der Waals surface area contributed by atoms with E-state index in [9.17, 15) is 0 Å². The molecule has 0 amide bonds. The molecule has 0 saturated heterocycles. The van der Waals surface area contributed by atoms with Gasteiger partial charge < -0.3 is 5.32 Å². The molecular formula is C13H17N3S. The predicted molar refractivity (Wildman–Crippen MR) is 71.3 cm³/mol. The third kappa shape index (κ3) is 3.35. The van der Waals surface area contributed by atoms with E-state index in [1.807, 2.05) is 24.5 Å². The number of aryl methyl sites for hydroxylation is 1. The minimum atomic E-state index is 0.903. The van der Waals surface area contributed by atoms with E-state index in [0.717, 1.165) is 25.2 Å². The summed E-state index contributed by atoms with van der Waals surface area (Å²) in [5.74, 6) is 0. The zero-order valence-corrected chi connectivity index (χ0v) is 11.0. The van der Waals surface area contributed by atoms with E-state index in [0.29, 0.717) is 0 Å². The molecule has 0 fully saturated rings. The van der Waals surface area contributed by atoms with Crippen molar-refractivity contribution in [1.82, 2.24) is 15.3 Å². The van der Waals surface area contributed by atoms with Gasteiger partial charge in [-0.2, -0.15) is 0 Å². The van der Waals surface area contributed by atoms with E-state index >= 15 is 0 Å². The Hall–Kier alpha value is -1.26. The second-order valence-electron chi connectivity index (χ2n) is 3.93. The van der Waals surface area contributed by atoms with Gasteiger partial charge in [-0.3, -0.25) is 4.98 Å².